The van der Waals surface area contributed by atoms with E-state index in [9.17, 15) is 14.4 Å². The van der Waals surface area contributed by atoms with Gasteiger partial charge in [0.25, 0.3) is 11.5 Å². The lowest BCUT2D eigenvalue weighted by molar-refractivity contribution is -0.117. The van der Waals surface area contributed by atoms with E-state index in [1.165, 1.54) is 10.6 Å². The molecule has 0 bridgehead atoms. The molecule has 0 spiro atoms. The van der Waals surface area contributed by atoms with Crippen LogP contribution in [0.3, 0.4) is 0 Å². The number of rotatable bonds is 4. The maximum Gasteiger partial charge on any atom is 0.254 e. The number of carbonyl (C=O) groups is 2. The largest absolute Gasteiger partial charge is 0.336 e. The molecule has 1 aromatic carbocycles. The van der Waals surface area contributed by atoms with E-state index in [2.05, 4.69) is 5.32 Å². The van der Waals surface area contributed by atoms with Crippen molar-refractivity contribution in [3.8, 4) is 0 Å². The lowest BCUT2D eigenvalue weighted by Gasteiger charge is -2.34. The van der Waals surface area contributed by atoms with Gasteiger partial charge in [0.15, 0.2) is 0 Å². The van der Waals surface area contributed by atoms with Crippen molar-refractivity contribution in [3.05, 3.63) is 64.6 Å². The number of hydrogen-bond donors (Lipinski definition) is 1. The number of aromatic nitrogens is 1. The molecule has 1 aliphatic rings. The highest BCUT2D eigenvalue weighted by Crippen LogP contribution is 2.09. The maximum absolute atomic E-state index is 12.5. The van der Waals surface area contributed by atoms with Crippen LogP contribution in [0.5, 0.6) is 0 Å². The number of hydrogen-bond acceptors (Lipinski definition) is 4. The van der Waals surface area contributed by atoms with Gasteiger partial charge < -0.3 is 14.8 Å². The number of aryl methyl sites for hydroxylation is 1. The molecule has 0 unspecified atom stereocenters. The standard InChI is InChI=1S/C19H22N4O3/c1-21-8-7-15(13-18(21)25)19(26)23-11-9-22(10-12-23)14-17(24)20-16-5-3-2-4-6-16/h2-8,13H,9-12,14H2,1H3,(H,20,24). The summed E-state index contributed by atoms with van der Waals surface area (Å²) in [5.74, 6) is -0.210. The van der Waals surface area contributed by atoms with Crippen molar-refractivity contribution in [1.82, 2.24) is 14.4 Å². The summed E-state index contributed by atoms with van der Waals surface area (Å²) in [6, 6.07) is 12.4. The summed E-state index contributed by atoms with van der Waals surface area (Å²) < 4.78 is 1.43. The number of para-hydroxylation sites is 1. The van der Waals surface area contributed by atoms with Crippen molar-refractivity contribution in [3.63, 3.8) is 0 Å². The maximum atomic E-state index is 12.5. The van der Waals surface area contributed by atoms with Gasteiger partial charge in [0.1, 0.15) is 0 Å². The Kier molecular flexibility index (Phi) is 5.48. The van der Waals surface area contributed by atoms with Crippen LogP contribution in [0.2, 0.25) is 0 Å². The Balaban J connectivity index is 1.50. The molecule has 1 saturated heterocycles. The number of anilines is 1. The molecule has 2 aromatic rings. The molecule has 1 aliphatic heterocycles. The number of piperazine rings is 1. The van der Waals surface area contributed by atoms with Gasteiger partial charge >= 0.3 is 0 Å². The van der Waals surface area contributed by atoms with E-state index in [0.717, 1.165) is 5.69 Å². The zero-order chi connectivity index (χ0) is 18.5. The van der Waals surface area contributed by atoms with Crippen LogP contribution in [0.25, 0.3) is 0 Å². The number of amides is 2. The Labute approximate surface area is 151 Å². The number of benzene rings is 1. The van der Waals surface area contributed by atoms with E-state index in [1.54, 1.807) is 24.2 Å². The summed E-state index contributed by atoms with van der Waals surface area (Å²) in [7, 11) is 1.65. The summed E-state index contributed by atoms with van der Waals surface area (Å²) >= 11 is 0. The van der Waals surface area contributed by atoms with Crippen molar-refractivity contribution >= 4 is 17.5 Å². The van der Waals surface area contributed by atoms with Crippen LogP contribution in [0.4, 0.5) is 5.69 Å². The topological polar surface area (TPSA) is 74.7 Å². The first-order valence-corrected chi connectivity index (χ1v) is 8.56. The normalized spacial score (nSPS) is 14.9. The molecule has 2 heterocycles. The average Bonchev–Trinajstić information content (AvgIpc) is 2.65. The fourth-order valence-electron chi connectivity index (χ4n) is 2.90. The van der Waals surface area contributed by atoms with Gasteiger partial charge in [-0.1, -0.05) is 18.2 Å². The first-order valence-electron chi connectivity index (χ1n) is 8.56. The van der Waals surface area contributed by atoms with E-state index in [1.807, 2.05) is 35.2 Å². The van der Waals surface area contributed by atoms with E-state index >= 15 is 0 Å². The zero-order valence-electron chi connectivity index (χ0n) is 14.7. The van der Waals surface area contributed by atoms with Crippen molar-refractivity contribution in [2.45, 2.75) is 0 Å². The molecule has 136 valence electrons. The number of carbonyl (C=O) groups excluding carboxylic acids is 2. The van der Waals surface area contributed by atoms with Crippen LogP contribution in [0.1, 0.15) is 10.4 Å². The minimum absolute atomic E-state index is 0.0671. The summed E-state index contributed by atoms with van der Waals surface area (Å²) in [5, 5.41) is 2.86. The van der Waals surface area contributed by atoms with Gasteiger partial charge in [-0.2, -0.15) is 0 Å². The smallest absolute Gasteiger partial charge is 0.254 e. The fraction of sp³-hybridized carbons (Fsp3) is 0.316. The minimum atomic E-state index is -0.202. The van der Waals surface area contributed by atoms with Crippen molar-refractivity contribution in [2.24, 2.45) is 7.05 Å². The summed E-state index contributed by atoms with van der Waals surface area (Å²) in [5.41, 5.74) is 0.979. The van der Waals surface area contributed by atoms with Gasteiger partial charge in [0.05, 0.1) is 6.54 Å². The number of pyridine rings is 1. The van der Waals surface area contributed by atoms with E-state index in [-0.39, 0.29) is 17.4 Å². The van der Waals surface area contributed by atoms with Crippen LogP contribution in [-0.4, -0.2) is 58.9 Å². The Morgan fingerprint density at radius 2 is 1.73 bits per heavy atom. The quantitative estimate of drug-likeness (QED) is 0.881. The monoisotopic (exact) mass is 354 g/mol. The van der Waals surface area contributed by atoms with Gasteiger partial charge in [-0.25, -0.2) is 0 Å². The second-order valence-corrected chi connectivity index (χ2v) is 6.35. The molecule has 26 heavy (non-hydrogen) atoms. The predicted octanol–water partition coefficient (Wildman–Crippen LogP) is 0.782. The van der Waals surface area contributed by atoms with Gasteiger partial charge in [-0.3, -0.25) is 19.3 Å². The van der Waals surface area contributed by atoms with E-state index in [0.29, 0.717) is 38.3 Å². The number of nitrogens with one attached hydrogen (secondary N) is 1. The Bertz CT molecular complexity index is 839. The molecule has 0 atom stereocenters. The molecule has 1 N–H and O–H groups in total. The van der Waals surface area contributed by atoms with Crippen molar-refractivity contribution < 1.29 is 9.59 Å². The van der Waals surface area contributed by atoms with Gasteiger partial charge in [0, 0.05) is 56.7 Å². The molecule has 3 rings (SSSR count). The van der Waals surface area contributed by atoms with Crippen LogP contribution >= 0.6 is 0 Å². The minimum Gasteiger partial charge on any atom is -0.336 e. The molecule has 7 heteroatoms. The summed E-state index contributed by atoms with van der Waals surface area (Å²) in [6.07, 6.45) is 1.60. The third-order valence-electron chi connectivity index (χ3n) is 4.44. The lowest BCUT2D eigenvalue weighted by Crippen LogP contribution is -2.50. The highest BCUT2D eigenvalue weighted by molar-refractivity contribution is 5.94. The van der Waals surface area contributed by atoms with Gasteiger partial charge in [-0.05, 0) is 18.2 Å². The third kappa shape index (κ3) is 4.37. The van der Waals surface area contributed by atoms with E-state index < -0.39 is 0 Å². The SMILES string of the molecule is Cn1ccc(C(=O)N2CCN(CC(=O)Nc3ccccc3)CC2)cc1=O. The molecule has 0 aliphatic carbocycles. The molecular formula is C19H22N4O3. The highest BCUT2D eigenvalue weighted by Gasteiger charge is 2.23. The molecule has 0 radical (unpaired) electrons. The average molecular weight is 354 g/mol. The number of nitrogens with zero attached hydrogens (tertiary/aromatic N) is 3. The van der Waals surface area contributed by atoms with Gasteiger partial charge in [-0.15, -0.1) is 0 Å². The first kappa shape index (κ1) is 17.9. The predicted molar refractivity (Wildman–Crippen MR) is 99.1 cm³/mol. The first-order chi connectivity index (χ1) is 12.5. The molecule has 1 aromatic heterocycles. The third-order valence-corrected chi connectivity index (χ3v) is 4.44. The van der Waals surface area contributed by atoms with Crippen LogP contribution in [0, 0.1) is 0 Å². The highest BCUT2D eigenvalue weighted by atomic mass is 16.2. The summed E-state index contributed by atoms with van der Waals surface area (Å²) in [6.45, 7) is 2.61. The Hall–Kier alpha value is -2.93. The summed E-state index contributed by atoms with van der Waals surface area (Å²) in [4.78, 5) is 40.1. The Morgan fingerprint density at radius 1 is 1.04 bits per heavy atom. The van der Waals surface area contributed by atoms with Crippen molar-refractivity contribution in [1.29, 1.82) is 0 Å². The van der Waals surface area contributed by atoms with Crippen LogP contribution < -0.4 is 10.9 Å². The molecule has 0 saturated carbocycles. The second-order valence-electron chi connectivity index (χ2n) is 6.35. The lowest BCUT2D eigenvalue weighted by atomic mass is 10.2. The Morgan fingerprint density at radius 3 is 2.38 bits per heavy atom. The van der Waals surface area contributed by atoms with Crippen molar-refractivity contribution in [2.75, 3.05) is 38.0 Å². The second kappa shape index (κ2) is 7.97. The fourth-order valence-corrected chi connectivity index (χ4v) is 2.90. The van der Waals surface area contributed by atoms with Crippen LogP contribution in [0.15, 0.2) is 53.5 Å². The molecule has 1 fully saturated rings. The van der Waals surface area contributed by atoms with Crippen LogP contribution in [-0.2, 0) is 11.8 Å². The molecule has 2 amide bonds. The van der Waals surface area contributed by atoms with Gasteiger partial charge in [0.2, 0.25) is 5.91 Å². The zero-order valence-corrected chi connectivity index (χ0v) is 14.7. The van der Waals surface area contributed by atoms with E-state index in [4.69, 9.17) is 0 Å². The molecular weight excluding hydrogens is 332 g/mol. The molecule has 7 nitrogen and oxygen atoms in total.